The van der Waals surface area contributed by atoms with E-state index < -0.39 is 6.10 Å². The molecule has 0 spiro atoms. The molecule has 1 amide bonds. The molecule has 0 bridgehead atoms. The summed E-state index contributed by atoms with van der Waals surface area (Å²) in [5.41, 5.74) is 0.439. The van der Waals surface area contributed by atoms with Gasteiger partial charge in [0.15, 0.2) is 17.6 Å². The average molecular weight is 350 g/mol. The molecule has 0 heterocycles. The quantitative estimate of drug-likeness (QED) is 0.815. The summed E-state index contributed by atoms with van der Waals surface area (Å²) in [6.07, 6.45) is -0.109. The second-order valence-electron chi connectivity index (χ2n) is 5.00. The lowest BCUT2D eigenvalue weighted by molar-refractivity contribution is -0.122. The molecular weight excluding hydrogens is 330 g/mol. The molecule has 6 heteroatoms. The summed E-state index contributed by atoms with van der Waals surface area (Å²) >= 11 is 6.20. The normalized spacial score (nSPS) is 11.5. The zero-order chi connectivity index (χ0) is 17.5. The summed E-state index contributed by atoms with van der Waals surface area (Å²) in [6.45, 7) is 1.88. The summed E-state index contributed by atoms with van der Waals surface area (Å²) in [7, 11) is 3.04. The van der Waals surface area contributed by atoms with Crippen molar-refractivity contribution in [1.29, 1.82) is 0 Å². The van der Waals surface area contributed by atoms with Crippen LogP contribution in [0.2, 0.25) is 5.02 Å². The molecule has 0 aliphatic rings. The Kier molecular flexibility index (Phi) is 6.32. The summed E-state index contributed by atoms with van der Waals surface area (Å²) in [4.78, 5) is 12.5. The highest BCUT2D eigenvalue weighted by atomic mass is 35.5. The number of halogens is 1. The summed E-state index contributed by atoms with van der Waals surface area (Å²) in [5, 5.41) is 3.13. The number of hydrogen-bond acceptors (Lipinski definition) is 4. The van der Waals surface area contributed by atoms with Gasteiger partial charge in [-0.2, -0.15) is 0 Å². The maximum absolute atomic E-state index is 12.5. The van der Waals surface area contributed by atoms with Gasteiger partial charge in [-0.15, -0.1) is 0 Å². The number of hydrogen-bond donors (Lipinski definition) is 1. The predicted octanol–water partition coefficient (Wildman–Crippen LogP) is 4.15. The lowest BCUT2D eigenvalue weighted by Crippen LogP contribution is -2.32. The van der Waals surface area contributed by atoms with Crippen molar-refractivity contribution in [2.75, 3.05) is 19.5 Å². The highest BCUT2D eigenvalue weighted by Crippen LogP contribution is 2.36. The average Bonchev–Trinajstić information content (AvgIpc) is 2.61. The van der Waals surface area contributed by atoms with Gasteiger partial charge in [-0.05, 0) is 18.6 Å². The van der Waals surface area contributed by atoms with E-state index >= 15 is 0 Å². The molecule has 0 radical (unpaired) electrons. The fourth-order valence-corrected chi connectivity index (χ4v) is 2.35. The number of amides is 1. The van der Waals surface area contributed by atoms with Gasteiger partial charge >= 0.3 is 0 Å². The fourth-order valence-electron chi connectivity index (χ4n) is 2.15. The largest absolute Gasteiger partial charge is 0.493 e. The van der Waals surface area contributed by atoms with Crippen LogP contribution >= 0.6 is 11.6 Å². The van der Waals surface area contributed by atoms with Gasteiger partial charge in [0.05, 0.1) is 24.9 Å². The highest BCUT2D eigenvalue weighted by molar-refractivity contribution is 6.34. The fraction of sp³-hybridized carbons (Fsp3) is 0.278. The van der Waals surface area contributed by atoms with E-state index in [0.29, 0.717) is 34.4 Å². The van der Waals surface area contributed by atoms with Crippen molar-refractivity contribution in [2.45, 2.75) is 19.4 Å². The van der Waals surface area contributed by atoms with Crippen LogP contribution in [0, 0.1) is 0 Å². The molecule has 2 aromatic rings. The molecule has 0 saturated heterocycles. The van der Waals surface area contributed by atoms with E-state index in [4.69, 9.17) is 25.8 Å². The zero-order valence-electron chi connectivity index (χ0n) is 13.8. The molecule has 0 aromatic heterocycles. The molecule has 0 aliphatic heterocycles. The summed E-state index contributed by atoms with van der Waals surface area (Å²) < 4.78 is 16.1. The minimum Gasteiger partial charge on any atom is -0.493 e. The Morgan fingerprint density at radius 1 is 1.12 bits per heavy atom. The maximum Gasteiger partial charge on any atom is 0.265 e. The van der Waals surface area contributed by atoms with Gasteiger partial charge in [0.1, 0.15) is 5.75 Å². The minimum absolute atomic E-state index is 0.282. The van der Waals surface area contributed by atoms with Crippen LogP contribution in [0.3, 0.4) is 0 Å². The van der Waals surface area contributed by atoms with E-state index in [1.165, 1.54) is 14.2 Å². The van der Waals surface area contributed by atoms with Crippen LogP contribution in [-0.4, -0.2) is 26.2 Å². The third-order valence-electron chi connectivity index (χ3n) is 3.42. The number of carbonyl (C=O) groups excluding carboxylic acids is 1. The Morgan fingerprint density at radius 2 is 1.75 bits per heavy atom. The Morgan fingerprint density at radius 3 is 2.33 bits per heavy atom. The van der Waals surface area contributed by atoms with E-state index in [-0.39, 0.29) is 5.91 Å². The zero-order valence-corrected chi connectivity index (χ0v) is 14.6. The molecule has 0 aliphatic carbocycles. The van der Waals surface area contributed by atoms with Crippen molar-refractivity contribution >= 4 is 23.2 Å². The molecule has 0 saturated carbocycles. The van der Waals surface area contributed by atoms with Crippen LogP contribution in [0.5, 0.6) is 17.2 Å². The van der Waals surface area contributed by atoms with Crippen LogP contribution in [0.15, 0.2) is 42.5 Å². The Bertz CT molecular complexity index is 691. The molecule has 2 rings (SSSR count). The van der Waals surface area contributed by atoms with Crippen molar-refractivity contribution < 1.29 is 19.0 Å². The molecule has 1 atom stereocenters. The number of benzene rings is 2. The first kappa shape index (κ1) is 17.9. The van der Waals surface area contributed by atoms with Crippen molar-refractivity contribution in [1.82, 2.24) is 0 Å². The number of ether oxygens (including phenoxy) is 3. The first-order valence-corrected chi connectivity index (χ1v) is 7.91. The van der Waals surface area contributed by atoms with Gasteiger partial charge in [-0.25, -0.2) is 0 Å². The molecular formula is C18H20ClNO4. The Balaban J connectivity index is 2.15. The van der Waals surface area contributed by atoms with E-state index in [1.54, 1.807) is 24.3 Å². The molecule has 1 N–H and O–H groups in total. The van der Waals surface area contributed by atoms with Crippen molar-refractivity contribution in [3.63, 3.8) is 0 Å². The third kappa shape index (κ3) is 4.32. The topological polar surface area (TPSA) is 56.8 Å². The summed E-state index contributed by atoms with van der Waals surface area (Å²) in [6, 6.07) is 12.4. The van der Waals surface area contributed by atoms with Crippen molar-refractivity contribution in [3.05, 3.63) is 47.5 Å². The van der Waals surface area contributed by atoms with Gasteiger partial charge in [0.25, 0.3) is 5.91 Å². The van der Waals surface area contributed by atoms with E-state index in [1.807, 2.05) is 25.1 Å². The van der Waals surface area contributed by atoms with Crippen LogP contribution in [0.25, 0.3) is 0 Å². The molecule has 2 aromatic carbocycles. The van der Waals surface area contributed by atoms with Gasteiger partial charge in [-0.3, -0.25) is 4.79 Å². The third-order valence-corrected chi connectivity index (χ3v) is 3.73. The number of methoxy groups -OCH3 is 2. The molecule has 128 valence electrons. The molecule has 24 heavy (non-hydrogen) atoms. The highest BCUT2D eigenvalue weighted by Gasteiger charge is 2.20. The van der Waals surface area contributed by atoms with E-state index in [0.717, 1.165) is 0 Å². The second kappa shape index (κ2) is 8.45. The lowest BCUT2D eigenvalue weighted by Gasteiger charge is -2.18. The van der Waals surface area contributed by atoms with Crippen LogP contribution < -0.4 is 19.5 Å². The van der Waals surface area contributed by atoms with E-state index in [9.17, 15) is 4.79 Å². The first-order chi connectivity index (χ1) is 11.6. The molecule has 1 unspecified atom stereocenters. The van der Waals surface area contributed by atoms with Gasteiger partial charge in [0.2, 0.25) is 0 Å². The minimum atomic E-state index is -0.628. The number of nitrogens with one attached hydrogen (secondary N) is 1. The molecule has 0 fully saturated rings. The maximum atomic E-state index is 12.5. The van der Waals surface area contributed by atoms with Gasteiger partial charge in [-0.1, -0.05) is 36.7 Å². The SMILES string of the molecule is CCC(Oc1ccccc1)C(=O)Nc1cc(OC)c(OC)cc1Cl. The van der Waals surface area contributed by atoms with Crippen LogP contribution in [0.4, 0.5) is 5.69 Å². The smallest absolute Gasteiger partial charge is 0.265 e. The van der Waals surface area contributed by atoms with Gasteiger partial charge < -0.3 is 19.5 Å². The van der Waals surface area contributed by atoms with E-state index in [2.05, 4.69) is 5.32 Å². The number of anilines is 1. The Labute approximate surface area is 146 Å². The Hall–Kier alpha value is -2.40. The van der Waals surface area contributed by atoms with Crippen molar-refractivity contribution in [3.8, 4) is 17.2 Å². The van der Waals surface area contributed by atoms with Crippen LogP contribution in [-0.2, 0) is 4.79 Å². The molecule has 5 nitrogen and oxygen atoms in total. The monoisotopic (exact) mass is 349 g/mol. The number of para-hydroxylation sites is 1. The lowest BCUT2D eigenvalue weighted by atomic mass is 10.2. The standard InChI is InChI=1S/C18H20ClNO4/c1-4-15(24-12-8-6-5-7-9-12)18(21)20-14-11-17(23-3)16(22-2)10-13(14)19/h5-11,15H,4H2,1-3H3,(H,20,21). The first-order valence-electron chi connectivity index (χ1n) is 7.53. The van der Waals surface area contributed by atoms with Gasteiger partial charge in [0, 0.05) is 12.1 Å². The van der Waals surface area contributed by atoms with Crippen LogP contribution in [0.1, 0.15) is 13.3 Å². The summed E-state index contributed by atoms with van der Waals surface area (Å²) in [5.74, 6) is 1.33. The number of carbonyl (C=O) groups is 1. The van der Waals surface area contributed by atoms with Crippen molar-refractivity contribution in [2.24, 2.45) is 0 Å². The second-order valence-corrected chi connectivity index (χ2v) is 5.41. The predicted molar refractivity (Wildman–Crippen MR) is 94.3 cm³/mol. The number of rotatable bonds is 7.